The SMILES string of the molecule is CNS(=O)(=O)CC(=O)NCC1(c2ccc(F)cc2)CCCCC1. The summed E-state index contributed by atoms with van der Waals surface area (Å²) in [6.45, 7) is 0.372. The number of nitrogens with one attached hydrogen (secondary N) is 2. The van der Waals surface area contributed by atoms with Crippen molar-refractivity contribution in [1.82, 2.24) is 10.0 Å². The second-order valence-electron chi connectivity index (χ2n) is 6.09. The normalized spacial score (nSPS) is 17.7. The van der Waals surface area contributed by atoms with E-state index in [-0.39, 0.29) is 11.2 Å². The Balaban J connectivity index is 2.10. The third-order valence-corrected chi connectivity index (χ3v) is 5.79. The lowest BCUT2D eigenvalue weighted by Crippen LogP contribution is -2.44. The molecule has 0 aliphatic heterocycles. The number of sulfonamides is 1. The van der Waals surface area contributed by atoms with Crippen molar-refractivity contribution in [2.45, 2.75) is 37.5 Å². The molecule has 1 aliphatic carbocycles. The molecule has 2 N–H and O–H groups in total. The third-order valence-electron chi connectivity index (χ3n) is 4.52. The summed E-state index contributed by atoms with van der Waals surface area (Å²) in [6.07, 6.45) is 5.03. The van der Waals surface area contributed by atoms with Crippen molar-refractivity contribution in [3.63, 3.8) is 0 Å². The average Bonchev–Trinajstić information content (AvgIpc) is 2.54. The molecule has 23 heavy (non-hydrogen) atoms. The molecule has 1 aliphatic rings. The minimum atomic E-state index is -3.57. The molecular weight excluding hydrogens is 319 g/mol. The van der Waals surface area contributed by atoms with Gasteiger partial charge in [-0.05, 0) is 37.6 Å². The van der Waals surface area contributed by atoms with E-state index in [1.807, 2.05) is 0 Å². The lowest BCUT2D eigenvalue weighted by atomic mass is 9.69. The van der Waals surface area contributed by atoms with E-state index in [0.717, 1.165) is 37.7 Å². The van der Waals surface area contributed by atoms with Gasteiger partial charge in [0.1, 0.15) is 11.6 Å². The maximum atomic E-state index is 13.2. The minimum absolute atomic E-state index is 0.245. The van der Waals surface area contributed by atoms with Crippen LogP contribution in [0.2, 0.25) is 0 Å². The van der Waals surface area contributed by atoms with Gasteiger partial charge >= 0.3 is 0 Å². The Labute approximate surface area is 136 Å². The van der Waals surface area contributed by atoms with Crippen molar-refractivity contribution >= 4 is 15.9 Å². The van der Waals surface area contributed by atoms with E-state index in [1.54, 1.807) is 12.1 Å². The highest BCUT2D eigenvalue weighted by atomic mass is 32.2. The van der Waals surface area contributed by atoms with Crippen LogP contribution in [0, 0.1) is 5.82 Å². The van der Waals surface area contributed by atoms with Crippen molar-refractivity contribution in [2.75, 3.05) is 19.3 Å². The van der Waals surface area contributed by atoms with Crippen LogP contribution in [0.1, 0.15) is 37.7 Å². The molecule has 0 heterocycles. The van der Waals surface area contributed by atoms with E-state index in [2.05, 4.69) is 10.0 Å². The lowest BCUT2D eigenvalue weighted by Gasteiger charge is -2.38. The molecule has 2 rings (SSSR count). The topological polar surface area (TPSA) is 75.3 Å². The summed E-state index contributed by atoms with van der Waals surface area (Å²) in [5.41, 5.74) is 0.751. The first-order valence-electron chi connectivity index (χ1n) is 7.81. The zero-order chi connectivity index (χ0) is 16.9. The number of rotatable bonds is 6. The maximum Gasteiger partial charge on any atom is 0.236 e. The van der Waals surface area contributed by atoms with Gasteiger partial charge in [-0.1, -0.05) is 31.4 Å². The van der Waals surface area contributed by atoms with Crippen molar-refractivity contribution in [1.29, 1.82) is 0 Å². The summed E-state index contributed by atoms with van der Waals surface area (Å²) in [5, 5.41) is 2.74. The number of amides is 1. The van der Waals surface area contributed by atoms with Gasteiger partial charge in [0.2, 0.25) is 15.9 Å². The Hall–Kier alpha value is -1.47. The second-order valence-corrected chi connectivity index (χ2v) is 8.01. The number of hydrogen-bond donors (Lipinski definition) is 2. The molecule has 128 valence electrons. The molecule has 0 bridgehead atoms. The molecule has 0 atom stereocenters. The van der Waals surface area contributed by atoms with Crippen LogP contribution in [0.25, 0.3) is 0 Å². The first-order valence-corrected chi connectivity index (χ1v) is 9.46. The predicted molar refractivity (Wildman–Crippen MR) is 87.0 cm³/mol. The first-order chi connectivity index (χ1) is 10.9. The zero-order valence-electron chi connectivity index (χ0n) is 13.3. The summed E-state index contributed by atoms with van der Waals surface area (Å²) in [5.74, 6) is -1.39. The van der Waals surface area contributed by atoms with E-state index < -0.39 is 21.7 Å². The number of halogens is 1. The molecule has 1 aromatic carbocycles. The molecule has 1 fully saturated rings. The summed E-state index contributed by atoms with van der Waals surface area (Å²) >= 11 is 0. The Kier molecular flexibility index (Phi) is 5.75. The number of benzene rings is 1. The van der Waals surface area contributed by atoms with E-state index >= 15 is 0 Å². The molecule has 0 spiro atoms. The molecule has 0 saturated heterocycles. The van der Waals surface area contributed by atoms with Crippen LogP contribution >= 0.6 is 0 Å². The molecule has 7 heteroatoms. The molecule has 5 nitrogen and oxygen atoms in total. The predicted octanol–water partition coefficient (Wildman–Crippen LogP) is 1.69. The van der Waals surface area contributed by atoms with Gasteiger partial charge in [0.25, 0.3) is 0 Å². The molecule has 1 amide bonds. The molecule has 1 aromatic rings. The van der Waals surface area contributed by atoms with Crippen molar-refractivity contribution in [2.24, 2.45) is 0 Å². The van der Waals surface area contributed by atoms with E-state index in [4.69, 9.17) is 0 Å². The van der Waals surface area contributed by atoms with E-state index in [0.29, 0.717) is 6.54 Å². The number of carbonyl (C=O) groups excluding carboxylic acids is 1. The molecule has 1 saturated carbocycles. The van der Waals surface area contributed by atoms with Gasteiger partial charge in [-0.15, -0.1) is 0 Å². The first kappa shape index (κ1) is 17.9. The highest BCUT2D eigenvalue weighted by molar-refractivity contribution is 7.90. The summed E-state index contributed by atoms with van der Waals surface area (Å²) < 4.78 is 38.2. The number of hydrogen-bond acceptors (Lipinski definition) is 3. The van der Waals surface area contributed by atoms with E-state index in [9.17, 15) is 17.6 Å². The molecule has 0 unspecified atom stereocenters. The van der Waals surface area contributed by atoms with Gasteiger partial charge in [0, 0.05) is 12.0 Å². The summed E-state index contributed by atoms with van der Waals surface area (Å²) in [6, 6.07) is 6.38. The van der Waals surface area contributed by atoms with E-state index in [1.165, 1.54) is 19.2 Å². The van der Waals surface area contributed by atoms with Crippen molar-refractivity contribution in [3.05, 3.63) is 35.6 Å². The van der Waals surface area contributed by atoms with Crippen LogP contribution in [0.15, 0.2) is 24.3 Å². The smallest absolute Gasteiger partial charge is 0.236 e. The van der Waals surface area contributed by atoms with Gasteiger partial charge in [-0.25, -0.2) is 17.5 Å². The fraction of sp³-hybridized carbons (Fsp3) is 0.562. The second kappa shape index (κ2) is 7.40. The maximum absolute atomic E-state index is 13.2. The highest BCUT2D eigenvalue weighted by Crippen LogP contribution is 2.39. The standard InChI is InChI=1S/C16H23FN2O3S/c1-18-23(21,22)11-15(20)19-12-16(9-3-2-4-10-16)13-5-7-14(17)8-6-13/h5-8,18H,2-4,9-12H2,1H3,(H,19,20). The van der Waals surface area contributed by atoms with Crippen LogP contribution < -0.4 is 10.0 Å². The van der Waals surface area contributed by atoms with Crippen molar-refractivity contribution in [3.8, 4) is 0 Å². The molecule has 0 aromatic heterocycles. The van der Waals surface area contributed by atoms with Gasteiger partial charge in [-0.3, -0.25) is 4.79 Å². The molecular formula is C16H23FN2O3S. The number of carbonyl (C=O) groups is 1. The van der Waals surface area contributed by atoms with Gasteiger partial charge in [-0.2, -0.15) is 0 Å². The summed E-state index contributed by atoms with van der Waals surface area (Å²) in [7, 11) is -2.29. The third kappa shape index (κ3) is 4.75. The van der Waals surface area contributed by atoms with Crippen molar-refractivity contribution < 1.29 is 17.6 Å². The van der Waals surface area contributed by atoms with Crippen LogP contribution in [0.5, 0.6) is 0 Å². The zero-order valence-corrected chi connectivity index (χ0v) is 14.1. The van der Waals surface area contributed by atoms with Gasteiger partial charge in [0.05, 0.1) is 0 Å². The quantitative estimate of drug-likeness (QED) is 0.826. The minimum Gasteiger partial charge on any atom is -0.354 e. The highest BCUT2D eigenvalue weighted by Gasteiger charge is 2.34. The van der Waals surface area contributed by atoms with Crippen LogP contribution in [0.4, 0.5) is 4.39 Å². The fourth-order valence-corrected chi connectivity index (χ4v) is 3.75. The Morgan fingerprint density at radius 2 is 1.78 bits per heavy atom. The van der Waals surface area contributed by atoms with Crippen LogP contribution in [-0.4, -0.2) is 33.7 Å². The van der Waals surface area contributed by atoms with Gasteiger partial charge < -0.3 is 5.32 Å². The van der Waals surface area contributed by atoms with Gasteiger partial charge in [0.15, 0.2) is 0 Å². The van der Waals surface area contributed by atoms with Crippen LogP contribution in [-0.2, 0) is 20.2 Å². The monoisotopic (exact) mass is 342 g/mol. The fourth-order valence-electron chi connectivity index (χ4n) is 3.16. The lowest BCUT2D eigenvalue weighted by molar-refractivity contribution is -0.119. The average molecular weight is 342 g/mol. The Morgan fingerprint density at radius 1 is 1.17 bits per heavy atom. The summed E-state index contributed by atoms with van der Waals surface area (Å²) in [4.78, 5) is 11.9. The Bertz CT molecular complexity index is 638. The largest absolute Gasteiger partial charge is 0.354 e. The Morgan fingerprint density at radius 3 is 2.35 bits per heavy atom. The van der Waals surface area contributed by atoms with Crippen LogP contribution in [0.3, 0.4) is 0 Å². The molecule has 0 radical (unpaired) electrons.